The molecule has 1 unspecified atom stereocenters. The van der Waals surface area contributed by atoms with Crippen molar-refractivity contribution in [2.24, 2.45) is 17.8 Å². The van der Waals surface area contributed by atoms with Crippen molar-refractivity contribution in [1.82, 2.24) is 4.98 Å². The molecule has 2 aromatic rings. The molecule has 0 fully saturated rings. The third kappa shape index (κ3) is 6.34. The lowest BCUT2D eigenvalue weighted by Crippen LogP contribution is -2.36. The second-order valence-corrected chi connectivity index (χ2v) is 10.0. The minimum Gasteiger partial charge on any atom is -0.481 e. The number of carboxylic acids is 1. The number of thiazole rings is 1. The van der Waals surface area contributed by atoms with Crippen molar-refractivity contribution < 1.29 is 9.90 Å². The van der Waals surface area contributed by atoms with Crippen molar-refractivity contribution in [2.75, 3.05) is 18.0 Å². The first kappa shape index (κ1) is 24.0. The first-order valence-corrected chi connectivity index (χ1v) is 11.6. The van der Waals surface area contributed by atoms with Gasteiger partial charge in [-0.25, -0.2) is 4.98 Å². The van der Waals surface area contributed by atoms with Crippen LogP contribution in [0.1, 0.15) is 45.9 Å². The predicted molar refractivity (Wildman–Crippen MR) is 125 cm³/mol. The lowest BCUT2D eigenvalue weighted by molar-refractivity contribution is -0.142. The lowest BCUT2D eigenvalue weighted by atomic mass is 9.95. The van der Waals surface area contributed by atoms with Gasteiger partial charge in [0.1, 0.15) is 0 Å². The molecule has 0 radical (unpaired) electrons. The van der Waals surface area contributed by atoms with Crippen LogP contribution in [0.5, 0.6) is 0 Å². The standard InChI is InChI=1S/C22H30Cl2N2O2S/c1-6-9-26(12-16(14(4)5)21(27)28)22-25-20(19(29-22)10-13(2)3)15-7-8-17(23)18(24)11-15/h7-8,11,13-14,16H,6,9-10,12H2,1-5H3,(H,27,28). The highest BCUT2D eigenvalue weighted by Gasteiger charge is 2.27. The fourth-order valence-electron chi connectivity index (χ4n) is 3.20. The van der Waals surface area contributed by atoms with Gasteiger partial charge in [0.05, 0.1) is 21.7 Å². The quantitative estimate of drug-likeness (QED) is 0.422. The van der Waals surface area contributed by atoms with Crippen molar-refractivity contribution in [3.63, 3.8) is 0 Å². The summed E-state index contributed by atoms with van der Waals surface area (Å²) in [6, 6.07) is 5.58. The fraction of sp³-hybridized carbons (Fsp3) is 0.545. The van der Waals surface area contributed by atoms with E-state index < -0.39 is 11.9 Å². The number of hydrogen-bond acceptors (Lipinski definition) is 4. The molecule has 29 heavy (non-hydrogen) atoms. The Kier molecular flexibility index (Phi) is 8.80. The molecule has 1 aromatic heterocycles. The minimum absolute atomic E-state index is 0.0523. The number of rotatable bonds is 10. The van der Waals surface area contributed by atoms with Crippen molar-refractivity contribution in [1.29, 1.82) is 0 Å². The maximum Gasteiger partial charge on any atom is 0.308 e. The first-order chi connectivity index (χ1) is 13.6. The van der Waals surface area contributed by atoms with Crippen LogP contribution in [-0.4, -0.2) is 29.1 Å². The first-order valence-electron chi connectivity index (χ1n) is 10.1. The summed E-state index contributed by atoms with van der Waals surface area (Å²) in [4.78, 5) is 20.0. The molecule has 2 rings (SSSR count). The van der Waals surface area contributed by atoms with E-state index in [1.54, 1.807) is 17.4 Å². The highest BCUT2D eigenvalue weighted by Crippen LogP contribution is 2.37. The van der Waals surface area contributed by atoms with E-state index in [0.717, 1.165) is 35.8 Å². The van der Waals surface area contributed by atoms with Crippen LogP contribution in [0, 0.1) is 17.8 Å². The third-order valence-electron chi connectivity index (χ3n) is 4.78. The number of nitrogens with zero attached hydrogens (tertiary/aromatic N) is 2. The molecule has 0 aliphatic carbocycles. The van der Waals surface area contributed by atoms with Crippen LogP contribution in [0.4, 0.5) is 5.13 Å². The van der Waals surface area contributed by atoms with Crippen LogP contribution >= 0.6 is 34.5 Å². The number of carboxylic acid groups (broad SMARTS) is 1. The predicted octanol–water partition coefficient (Wildman–Crippen LogP) is 6.89. The average Bonchev–Trinajstić information content (AvgIpc) is 3.03. The van der Waals surface area contributed by atoms with Crippen molar-refractivity contribution >= 4 is 45.6 Å². The zero-order valence-electron chi connectivity index (χ0n) is 17.7. The van der Waals surface area contributed by atoms with Crippen LogP contribution in [0.15, 0.2) is 18.2 Å². The second kappa shape index (κ2) is 10.6. The Balaban J connectivity index is 2.47. The van der Waals surface area contributed by atoms with E-state index in [4.69, 9.17) is 28.2 Å². The molecule has 0 amide bonds. The molecule has 0 spiro atoms. The lowest BCUT2D eigenvalue weighted by Gasteiger charge is -2.26. The number of hydrogen-bond donors (Lipinski definition) is 1. The zero-order valence-corrected chi connectivity index (χ0v) is 20.0. The molecule has 0 bridgehead atoms. The molecule has 0 aliphatic heterocycles. The normalized spacial score (nSPS) is 12.6. The zero-order chi connectivity index (χ0) is 21.7. The van der Waals surface area contributed by atoms with Crippen molar-refractivity contribution in [3.8, 4) is 11.3 Å². The molecule has 0 saturated heterocycles. The number of halogens is 2. The Morgan fingerprint density at radius 1 is 1.21 bits per heavy atom. The van der Waals surface area contributed by atoms with Crippen molar-refractivity contribution in [3.05, 3.63) is 33.1 Å². The monoisotopic (exact) mass is 456 g/mol. The van der Waals surface area contributed by atoms with Gasteiger partial charge >= 0.3 is 5.97 Å². The number of benzene rings is 1. The van der Waals surface area contributed by atoms with Crippen molar-refractivity contribution in [2.45, 2.75) is 47.5 Å². The van der Waals surface area contributed by atoms with Gasteiger partial charge in [0.15, 0.2) is 5.13 Å². The van der Waals surface area contributed by atoms with Crippen LogP contribution < -0.4 is 4.90 Å². The summed E-state index contributed by atoms with van der Waals surface area (Å²) in [5.41, 5.74) is 1.85. The van der Waals surface area contributed by atoms with Crippen LogP contribution in [0.3, 0.4) is 0 Å². The second-order valence-electron chi connectivity index (χ2n) is 8.13. The van der Waals surface area contributed by atoms with Gasteiger partial charge in [-0.15, -0.1) is 11.3 Å². The van der Waals surface area contributed by atoms with E-state index in [-0.39, 0.29) is 5.92 Å². The number of aliphatic carboxylic acids is 1. The van der Waals surface area contributed by atoms with E-state index in [0.29, 0.717) is 22.5 Å². The molecule has 1 N–H and O–H groups in total. The highest BCUT2D eigenvalue weighted by molar-refractivity contribution is 7.16. The van der Waals surface area contributed by atoms with E-state index in [1.165, 1.54) is 4.88 Å². The van der Waals surface area contributed by atoms with Gasteiger partial charge in [0.25, 0.3) is 0 Å². The summed E-state index contributed by atoms with van der Waals surface area (Å²) in [6.45, 7) is 11.6. The average molecular weight is 457 g/mol. The molecular weight excluding hydrogens is 427 g/mol. The van der Waals surface area contributed by atoms with Gasteiger partial charge in [-0.2, -0.15) is 0 Å². The summed E-state index contributed by atoms with van der Waals surface area (Å²) in [5, 5.41) is 11.5. The molecule has 0 saturated carbocycles. The topological polar surface area (TPSA) is 53.4 Å². The van der Waals surface area contributed by atoms with Gasteiger partial charge in [-0.1, -0.05) is 63.9 Å². The Bertz CT molecular complexity index is 836. The smallest absolute Gasteiger partial charge is 0.308 e. The summed E-state index contributed by atoms with van der Waals surface area (Å²) >= 11 is 14.0. The SMILES string of the molecule is CCCN(CC(C(=O)O)C(C)C)c1nc(-c2ccc(Cl)c(Cl)c2)c(CC(C)C)s1. The Labute approximate surface area is 187 Å². The molecule has 0 aliphatic rings. The summed E-state index contributed by atoms with van der Waals surface area (Å²) in [6.07, 6.45) is 1.82. The van der Waals surface area contributed by atoms with Crippen LogP contribution in [-0.2, 0) is 11.2 Å². The molecule has 1 atom stereocenters. The highest BCUT2D eigenvalue weighted by atomic mass is 35.5. The van der Waals surface area contributed by atoms with Gasteiger partial charge in [-0.05, 0) is 36.8 Å². The van der Waals surface area contributed by atoms with E-state index in [9.17, 15) is 9.90 Å². The van der Waals surface area contributed by atoms with E-state index in [2.05, 4.69) is 25.7 Å². The van der Waals surface area contributed by atoms with Gasteiger partial charge in [-0.3, -0.25) is 4.79 Å². The van der Waals surface area contributed by atoms with Crippen LogP contribution in [0.2, 0.25) is 10.0 Å². The Hall–Kier alpha value is -1.30. The Morgan fingerprint density at radius 2 is 1.90 bits per heavy atom. The van der Waals surface area contributed by atoms with E-state index >= 15 is 0 Å². The molecule has 1 aromatic carbocycles. The van der Waals surface area contributed by atoms with Crippen LogP contribution in [0.25, 0.3) is 11.3 Å². The molecular formula is C22H30Cl2N2O2S. The summed E-state index contributed by atoms with van der Waals surface area (Å²) < 4.78 is 0. The van der Waals surface area contributed by atoms with Gasteiger partial charge < -0.3 is 10.0 Å². The summed E-state index contributed by atoms with van der Waals surface area (Å²) in [7, 11) is 0. The van der Waals surface area contributed by atoms with E-state index in [1.807, 2.05) is 26.0 Å². The molecule has 7 heteroatoms. The fourth-order valence-corrected chi connectivity index (χ4v) is 4.83. The molecule has 160 valence electrons. The third-order valence-corrected chi connectivity index (χ3v) is 6.65. The Morgan fingerprint density at radius 3 is 2.41 bits per heavy atom. The number of carbonyl (C=O) groups is 1. The minimum atomic E-state index is -0.759. The summed E-state index contributed by atoms with van der Waals surface area (Å²) in [5.74, 6) is -0.666. The molecule has 1 heterocycles. The number of aromatic nitrogens is 1. The molecule has 4 nitrogen and oxygen atoms in total. The maximum absolute atomic E-state index is 11.7. The van der Waals surface area contributed by atoms with Gasteiger partial charge in [0.2, 0.25) is 0 Å². The maximum atomic E-state index is 11.7. The number of anilines is 1. The largest absolute Gasteiger partial charge is 0.481 e. The van der Waals surface area contributed by atoms with Gasteiger partial charge in [0, 0.05) is 23.5 Å².